The van der Waals surface area contributed by atoms with Gasteiger partial charge in [-0.15, -0.1) is 35.3 Å². The van der Waals surface area contributed by atoms with E-state index >= 15 is 0 Å². The molecule has 2 aromatic heterocycles. The molecule has 0 radical (unpaired) electrons. The summed E-state index contributed by atoms with van der Waals surface area (Å²) in [6, 6.07) is 14.3. The molecule has 1 aromatic carbocycles. The van der Waals surface area contributed by atoms with Gasteiger partial charge in [-0.2, -0.15) is 0 Å². The molecule has 0 spiro atoms. The minimum atomic E-state index is 0. The lowest BCUT2D eigenvalue weighted by Gasteiger charge is -2.14. The predicted octanol–water partition coefficient (Wildman–Crippen LogP) is 4.58. The second-order valence-electron chi connectivity index (χ2n) is 5.47. The number of fused-ring (bicyclic) bond motifs is 1. The van der Waals surface area contributed by atoms with Gasteiger partial charge in [-0.3, -0.25) is 4.99 Å². The second kappa shape index (κ2) is 9.08. The Morgan fingerprint density at radius 3 is 2.75 bits per heavy atom. The Labute approximate surface area is 163 Å². The van der Waals surface area contributed by atoms with Crippen LogP contribution in [-0.4, -0.2) is 19.6 Å². The fourth-order valence-electron chi connectivity index (χ4n) is 2.44. The van der Waals surface area contributed by atoms with Crippen molar-refractivity contribution in [3.05, 3.63) is 58.5 Å². The average molecular weight is 455 g/mol. The number of hydrogen-bond acceptors (Lipinski definition) is 3. The second-order valence-corrected chi connectivity index (χ2v) is 6.45. The Hall–Kier alpha value is -1.54. The molecule has 4 nitrogen and oxygen atoms in total. The van der Waals surface area contributed by atoms with E-state index in [-0.39, 0.29) is 24.0 Å². The van der Waals surface area contributed by atoms with Crippen LogP contribution in [0.4, 0.5) is 0 Å². The predicted molar refractivity (Wildman–Crippen MR) is 113 cm³/mol. The highest BCUT2D eigenvalue weighted by molar-refractivity contribution is 14.0. The standard InChI is InChI=1S/C18H21N3OS.HI/c1-13(17-8-5-9-23-17)11-20-18(19-2)21-12-15-10-14-6-3-4-7-16(14)22-15;/h3-10,13H,11-12H2,1-2H3,(H2,19,20,21);1H. The quantitative estimate of drug-likeness (QED) is 0.337. The lowest BCUT2D eigenvalue weighted by molar-refractivity contribution is 0.538. The molecule has 3 rings (SSSR count). The fourth-order valence-corrected chi connectivity index (χ4v) is 3.22. The summed E-state index contributed by atoms with van der Waals surface area (Å²) in [5.74, 6) is 2.15. The average Bonchev–Trinajstić information content (AvgIpc) is 3.24. The van der Waals surface area contributed by atoms with Gasteiger partial charge in [0.1, 0.15) is 11.3 Å². The number of halogens is 1. The van der Waals surface area contributed by atoms with Crippen molar-refractivity contribution in [3.63, 3.8) is 0 Å². The van der Waals surface area contributed by atoms with Crippen molar-refractivity contribution in [2.24, 2.45) is 4.99 Å². The molecular weight excluding hydrogens is 433 g/mol. The number of thiophene rings is 1. The Kier molecular flexibility index (Phi) is 7.11. The number of furan rings is 1. The molecule has 0 aliphatic heterocycles. The van der Waals surface area contributed by atoms with E-state index in [1.54, 1.807) is 18.4 Å². The van der Waals surface area contributed by atoms with Crippen LogP contribution in [0.3, 0.4) is 0 Å². The molecule has 24 heavy (non-hydrogen) atoms. The van der Waals surface area contributed by atoms with Crippen LogP contribution in [0, 0.1) is 0 Å². The number of aliphatic imine (C=N–C) groups is 1. The topological polar surface area (TPSA) is 49.6 Å². The minimum Gasteiger partial charge on any atom is -0.459 e. The van der Waals surface area contributed by atoms with E-state index in [1.165, 1.54) is 4.88 Å². The van der Waals surface area contributed by atoms with Gasteiger partial charge in [0, 0.05) is 29.8 Å². The van der Waals surface area contributed by atoms with Crippen molar-refractivity contribution in [1.29, 1.82) is 0 Å². The van der Waals surface area contributed by atoms with Crippen LogP contribution in [0.1, 0.15) is 23.5 Å². The first-order valence-electron chi connectivity index (χ1n) is 7.71. The van der Waals surface area contributed by atoms with Crippen LogP contribution in [-0.2, 0) is 6.54 Å². The third kappa shape index (κ3) is 4.73. The van der Waals surface area contributed by atoms with Crippen molar-refractivity contribution in [3.8, 4) is 0 Å². The molecule has 2 N–H and O–H groups in total. The smallest absolute Gasteiger partial charge is 0.191 e. The normalized spacial score (nSPS) is 12.7. The number of guanidine groups is 1. The first kappa shape index (κ1) is 18.8. The van der Waals surface area contributed by atoms with E-state index in [2.05, 4.69) is 52.2 Å². The Balaban J connectivity index is 0.00000208. The molecule has 1 unspecified atom stereocenters. The maximum Gasteiger partial charge on any atom is 0.191 e. The molecule has 0 bridgehead atoms. The maximum absolute atomic E-state index is 5.80. The zero-order valence-corrected chi connectivity index (χ0v) is 16.9. The summed E-state index contributed by atoms with van der Waals surface area (Å²) < 4.78 is 5.80. The van der Waals surface area contributed by atoms with Gasteiger partial charge in [0.05, 0.1) is 6.54 Å². The molecule has 1 atom stereocenters. The summed E-state index contributed by atoms with van der Waals surface area (Å²) in [5.41, 5.74) is 0.915. The summed E-state index contributed by atoms with van der Waals surface area (Å²) in [6.07, 6.45) is 0. The third-order valence-electron chi connectivity index (χ3n) is 3.73. The molecule has 3 aromatic rings. The van der Waals surface area contributed by atoms with Crippen LogP contribution in [0.15, 0.2) is 57.3 Å². The maximum atomic E-state index is 5.80. The largest absolute Gasteiger partial charge is 0.459 e. The summed E-state index contributed by atoms with van der Waals surface area (Å²) in [7, 11) is 1.78. The molecule has 0 aliphatic carbocycles. The summed E-state index contributed by atoms with van der Waals surface area (Å²) in [5, 5.41) is 9.90. The highest BCUT2D eigenvalue weighted by Gasteiger charge is 2.08. The van der Waals surface area contributed by atoms with Crippen molar-refractivity contribution >= 4 is 52.2 Å². The zero-order valence-electron chi connectivity index (χ0n) is 13.8. The lowest BCUT2D eigenvalue weighted by atomic mass is 10.1. The van der Waals surface area contributed by atoms with E-state index in [0.29, 0.717) is 12.5 Å². The molecule has 128 valence electrons. The number of benzene rings is 1. The molecule has 0 fully saturated rings. The number of hydrogen-bond donors (Lipinski definition) is 2. The van der Waals surface area contributed by atoms with Gasteiger partial charge in [-0.1, -0.05) is 31.2 Å². The first-order valence-corrected chi connectivity index (χ1v) is 8.59. The Bertz CT molecular complexity index is 750. The van der Waals surface area contributed by atoms with Gasteiger partial charge >= 0.3 is 0 Å². The Morgan fingerprint density at radius 2 is 2.04 bits per heavy atom. The van der Waals surface area contributed by atoms with Crippen LogP contribution in [0.2, 0.25) is 0 Å². The highest BCUT2D eigenvalue weighted by Crippen LogP contribution is 2.20. The van der Waals surface area contributed by atoms with E-state index < -0.39 is 0 Å². The number of nitrogens with one attached hydrogen (secondary N) is 2. The molecule has 0 aliphatic rings. The highest BCUT2D eigenvalue weighted by atomic mass is 127. The first-order chi connectivity index (χ1) is 11.3. The summed E-state index contributed by atoms with van der Waals surface area (Å²) >= 11 is 1.79. The molecule has 0 saturated carbocycles. The number of rotatable bonds is 5. The SMILES string of the molecule is CN=C(NCc1cc2ccccc2o1)NCC(C)c1cccs1.I. The molecule has 2 heterocycles. The summed E-state index contributed by atoms with van der Waals surface area (Å²) in [4.78, 5) is 5.65. The van der Waals surface area contributed by atoms with Crippen molar-refractivity contribution in [2.75, 3.05) is 13.6 Å². The van der Waals surface area contributed by atoms with Crippen LogP contribution in [0.5, 0.6) is 0 Å². The van der Waals surface area contributed by atoms with Gasteiger partial charge in [0.2, 0.25) is 0 Å². The van der Waals surface area contributed by atoms with Crippen LogP contribution in [0.25, 0.3) is 11.0 Å². The molecule has 6 heteroatoms. The minimum absolute atomic E-state index is 0. The number of para-hydroxylation sites is 1. The van der Waals surface area contributed by atoms with Gasteiger partial charge in [0.15, 0.2) is 5.96 Å². The molecular formula is C18H22IN3OS. The molecule has 0 amide bonds. The summed E-state index contributed by atoms with van der Waals surface area (Å²) in [6.45, 7) is 3.67. The van der Waals surface area contributed by atoms with Crippen molar-refractivity contribution in [1.82, 2.24) is 10.6 Å². The van der Waals surface area contributed by atoms with E-state index in [1.807, 2.05) is 18.2 Å². The third-order valence-corrected chi connectivity index (χ3v) is 4.84. The van der Waals surface area contributed by atoms with Crippen LogP contribution < -0.4 is 10.6 Å². The van der Waals surface area contributed by atoms with Gasteiger partial charge in [-0.05, 0) is 23.6 Å². The van der Waals surface area contributed by atoms with E-state index in [9.17, 15) is 0 Å². The van der Waals surface area contributed by atoms with Gasteiger partial charge < -0.3 is 15.1 Å². The lowest BCUT2D eigenvalue weighted by Crippen LogP contribution is -2.38. The van der Waals surface area contributed by atoms with E-state index in [0.717, 1.165) is 29.2 Å². The zero-order chi connectivity index (χ0) is 16.1. The monoisotopic (exact) mass is 455 g/mol. The molecule has 0 saturated heterocycles. The van der Waals surface area contributed by atoms with Crippen LogP contribution >= 0.6 is 35.3 Å². The van der Waals surface area contributed by atoms with Gasteiger partial charge in [0.25, 0.3) is 0 Å². The van der Waals surface area contributed by atoms with Crippen molar-refractivity contribution in [2.45, 2.75) is 19.4 Å². The van der Waals surface area contributed by atoms with Gasteiger partial charge in [-0.25, -0.2) is 0 Å². The Morgan fingerprint density at radius 1 is 1.21 bits per heavy atom. The van der Waals surface area contributed by atoms with Crippen molar-refractivity contribution < 1.29 is 4.42 Å². The number of nitrogens with zero attached hydrogens (tertiary/aromatic N) is 1. The fraction of sp³-hybridized carbons (Fsp3) is 0.278. The van der Waals surface area contributed by atoms with E-state index in [4.69, 9.17) is 4.42 Å².